The summed E-state index contributed by atoms with van der Waals surface area (Å²) in [6.07, 6.45) is 1.63. The average molecular weight is 323 g/mol. The number of nitrogens with zero attached hydrogens (tertiary/aromatic N) is 3. The third-order valence-corrected chi connectivity index (χ3v) is 3.46. The Bertz CT molecular complexity index is 383. The van der Waals surface area contributed by atoms with Crippen LogP contribution in [-0.4, -0.2) is 48.5 Å². The third-order valence-electron chi connectivity index (χ3n) is 2.86. The lowest BCUT2D eigenvalue weighted by molar-refractivity contribution is 0.271. The van der Waals surface area contributed by atoms with Gasteiger partial charge in [0.05, 0.1) is 0 Å². The van der Waals surface area contributed by atoms with Gasteiger partial charge < -0.3 is 4.90 Å². The van der Waals surface area contributed by atoms with E-state index in [1.54, 1.807) is 6.20 Å². The summed E-state index contributed by atoms with van der Waals surface area (Å²) in [6.45, 7) is 4.30. The summed E-state index contributed by atoms with van der Waals surface area (Å²) in [7, 11) is 0. The number of anilines is 1. The number of halogens is 3. The summed E-state index contributed by atoms with van der Waals surface area (Å²) < 4.78 is 14.4. The molecule has 3 nitrogen and oxygen atoms in total. The Labute approximate surface area is 114 Å². The first-order valence-corrected chi connectivity index (χ1v) is 6.88. The molecule has 17 heavy (non-hydrogen) atoms. The molecule has 94 valence electrons. The maximum Gasteiger partial charge on any atom is 0.166 e. The van der Waals surface area contributed by atoms with Gasteiger partial charge in [-0.15, -0.1) is 11.6 Å². The molecule has 1 saturated heterocycles. The molecule has 2 rings (SSSR count). The van der Waals surface area contributed by atoms with Gasteiger partial charge in [0.25, 0.3) is 0 Å². The van der Waals surface area contributed by atoms with Crippen LogP contribution in [0.1, 0.15) is 0 Å². The average Bonchev–Trinajstić information content (AvgIpc) is 2.31. The molecule has 1 aliphatic heterocycles. The third kappa shape index (κ3) is 3.30. The highest BCUT2D eigenvalue weighted by Gasteiger charge is 2.20. The molecule has 0 radical (unpaired) electrons. The number of pyridine rings is 1. The molecule has 2 heterocycles. The van der Waals surface area contributed by atoms with E-state index in [9.17, 15) is 4.39 Å². The molecule has 0 aliphatic carbocycles. The van der Waals surface area contributed by atoms with Crippen LogP contribution in [0.15, 0.2) is 16.7 Å². The minimum atomic E-state index is -0.273. The fourth-order valence-corrected chi connectivity index (χ4v) is 2.49. The summed E-state index contributed by atoms with van der Waals surface area (Å²) in [4.78, 5) is 8.39. The molecule has 0 aromatic carbocycles. The Morgan fingerprint density at radius 3 is 2.65 bits per heavy atom. The van der Waals surface area contributed by atoms with E-state index in [4.69, 9.17) is 11.6 Å². The van der Waals surface area contributed by atoms with Crippen LogP contribution in [0.3, 0.4) is 0 Å². The van der Waals surface area contributed by atoms with E-state index in [2.05, 4.69) is 25.8 Å². The summed E-state index contributed by atoms with van der Waals surface area (Å²) in [5, 5.41) is 0. The molecule has 1 aromatic rings. The van der Waals surface area contributed by atoms with Crippen LogP contribution in [0.4, 0.5) is 10.2 Å². The number of alkyl halides is 1. The zero-order chi connectivity index (χ0) is 12.3. The van der Waals surface area contributed by atoms with Crippen molar-refractivity contribution >= 4 is 33.3 Å². The number of piperazine rings is 1. The first-order valence-electron chi connectivity index (χ1n) is 5.55. The maximum absolute atomic E-state index is 13.7. The van der Waals surface area contributed by atoms with Gasteiger partial charge in [0.2, 0.25) is 0 Å². The van der Waals surface area contributed by atoms with Gasteiger partial charge in [0.1, 0.15) is 0 Å². The second kappa shape index (κ2) is 5.98. The SMILES string of the molecule is Fc1cc(Br)cnc1N1CCN(CCCl)CC1. The van der Waals surface area contributed by atoms with Gasteiger partial charge >= 0.3 is 0 Å². The molecule has 6 heteroatoms. The van der Waals surface area contributed by atoms with Gasteiger partial charge in [-0.3, -0.25) is 4.90 Å². The number of hydrogen-bond donors (Lipinski definition) is 0. The minimum absolute atomic E-state index is 0.273. The molecule has 0 saturated carbocycles. The van der Waals surface area contributed by atoms with Gasteiger partial charge in [-0.1, -0.05) is 0 Å². The first kappa shape index (κ1) is 13.1. The predicted molar refractivity (Wildman–Crippen MR) is 71.3 cm³/mol. The summed E-state index contributed by atoms with van der Waals surface area (Å²) >= 11 is 8.90. The Morgan fingerprint density at radius 2 is 2.06 bits per heavy atom. The van der Waals surface area contributed by atoms with E-state index < -0.39 is 0 Å². The van der Waals surface area contributed by atoms with E-state index in [-0.39, 0.29) is 5.82 Å². The molecule has 0 spiro atoms. The number of aromatic nitrogens is 1. The van der Waals surface area contributed by atoms with E-state index in [0.717, 1.165) is 32.7 Å². The topological polar surface area (TPSA) is 19.4 Å². The van der Waals surface area contributed by atoms with Crippen molar-refractivity contribution in [3.05, 3.63) is 22.6 Å². The lowest BCUT2D eigenvalue weighted by Gasteiger charge is -2.35. The van der Waals surface area contributed by atoms with E-state index in [1.807, 2.05) is 4.90 Å². The zero-order valence-electron chi connectivity index (χ0n) is 9.37. The Morgan fingerprint density at radius 1 is 1.35 bits per heavy atom. The molecule has 0 atom stereocenters. The van der Waals surface area contributed by atoms with Crippen LogP contribution in [0.2, 0.25) is 0 Å². The van der Waals surface area contributed by atoms with Gasteiger partial charge in [0, 0.05) is 49.3 Å². The van der Waals surface area contributed by atoms with Crippen LogP contribution in [0, 0.1) is 5.82 Å². The quantitative estimate of drug-likeness (QED) is 0.796. The summed E-state index contributed by atoms with van der Waals surface area (Å²) in [6, 6.07) is 1.45. The predicted octanol–water partition coefficient (Wildman–Crippen LogP) is 2.34. The second-order valence-electron chi connectivity index (χ2n) is 3.98. The monoisotopic (exact) mass is 321 g/mol. The van der Waals surface area contributed by atoms with Gasteiger partial charge in [0.15, 0.2) is 11.6 Å². The van der Waals surface area contributed by atoms with Crippen LogP contribution in [-0.2, 0) is 0 Å². The second-order valence-corrected chi connectivity index (χ2v) is 5.27. The van der Waals surface area contributed by atoms with Crippen molar-refractivity contribution in [1.29, 1.82) is 0 Å². The summed E-state index contributed by atoms with van der Waals surface area (Å²) in [5.41, 5.74) is 0. The fraction of sp³-hybridized carbons (Fsp3) is 0.545. The molecule has 1 aromatic heterocycles. The van der Waals surface area contributed by atoms with Gasteiger partial charge in [-0.05, 0) is 22.0 Å². The molecule has 0 N–H and O–H groups in total. The molecule has 1 aliphatic rings. The molecule has 0 amide bonds. The van der Waals surface area contributed by atoms with E-state index in [1.165, 1.54) is 6.07 Å². The van der Waals surface area contributed by atoms with Crippen LogP contribution in [0.5, 0.6) is 0 Å². The van der Waals surface area contributed by atoms with Crippen molar-refractivity contribution in [2.75, 3.05) is 43.5 Å². The highest BCUT2D eigenvalue weighted by atomic mass is 79.9. The van der Waals surface area contributed by atoms with Crippen LogP contribution < -0.4 is 4.90 Å². The standard InChI is InChI=1S/C11H14BrClFN3/c12-9-7-10(14)11(15-8-9)17-5-3-16(2-1-13)4-6-17/h7-8H,1-6H2. The van der Waals surface area contributed by atoms with Gasteiger partial charge in [-0.25, -0.2) is 9.37 Å². The van der Waals surface area contributed by atoms with E-state index >= 15 is 0 Å². The van der Waals surface area contributed by atoms with Crippen molar-refractivity contribution in [2.45, 2.75) is 0 Å². The van der Waals surface area contributed by atoms with Crippen molar-refractivity contribution in [3.8, 4) is 0 Å². The lowest BCUT2D eigenvalue weighted by Crippen LogP contribution is -2.47. The molecule has 0 bridgehead atoms. The Balaban J connectivity index is 2.00. The Kier molecular flexibility index (Phi) is 4.59. The molecule has 0 unspecified atom stereocenters. The van der Waals surface area contributed by atoms with Crippen molar-refractivity contribution in [2.24, 2.45) is 0 Å². The molecular weight excluding hydrogens is 308 g/mol. The highest BCUT2D eigenvalue weighted by Crippen LogP contribution is 2.21. The van der Waals surface area contributed by atoms with E-state index in [0.29, 0.717) is 16.2 Å². The van der Waals surface area contributed by atoms with Crippen LogP contribution >= 0.6 is 27.5 Å². The Hall–Kier alpha value is -0.390. The number of rotatable bonds is 3. The summed E-state index contributed by atoms with van der Waals surface area (Å²) in [5.74, 6) is 0.814. The normalized spacial score (nSPS) is 17.5. The zero-order valence-corrected chi connectivity index (χ0v) is 11.7. The molecule has 1 fully saturated rings. The lowest BCUT2D eigenvalue weighted by atomic mass is 10.3. The maximum atomic E-state index is 13.7. The van der Waals surface area contributed by atoms with Gasteiger partial charge in [-0.2, -0.15) is 0 Å². The highest BCUT2D eigenvalue weighted by molar-refractivity contribution is 9.10. The molecular formula is C11H14BrClFN3. The minimum Gasteiger partial charge on any atom is -0.352 e. The first-order chi connectivity index (χ1) is 8.20. The van der Waals surface area contributed by atoms with Crippen molar-refractivity contribution in [3.63, 3.8) is 0 Å². The van der Waals surface area contributed by atoms with Crippen molar-refractivity contribution in [1.82, 2.24) is 9.88 Å². The fourth-order valence-electron chi connectivity index (χ4n) is 1.94. The van der Waals surface area contributed by atoms with Crippen LogP contribution in [0.25, 0.3) is 0 Å². The largest absolute Gasteiger partial charge is 0.352 e. The number of hydrogen-bond acceptors (Lipinski definition) is 3. The smallest absolute Gasteiger partial charge is 0.166 e. The van der Waals surface area contributed by atoms with Crippen molar-refractivity contribution < 1.29 is 4.39 Å².